The van der Waals surface area contributed by atoms with Gasteiger partial charge in [-0.25, -0.2) is 0 Å². The molecule has 1 nitrogen and oxygen atoms in total. The summed E-state index contributed by atoms with van der Waals surface area (Å²) in [6.07, 6.45) is 0. The van der Waals surface area contributed by atoms with Crippen LogP contribution in [0.2, 0.25) is 0 Å². The summed E-state index contributed by atoms with van der Waals surface area (Å²) in [4.78, 5) is 5.02. The van der Waals surface area contributed by atoms with Gasteiger partial charge in [-0.1, -0.05) is 89.2 Å². The van der Waals surface area contributed by atoms with Gasteiger partial charge in [0, 0.05) is 11.0 Å². The lowest BCUT2D eigenvalue weighted by Gasteiger charge is -2.30. The van der Waals surface area contributed by atoms with Crippen molar-refractivity contribution in [1.82, 2.24) is 4.98 Å². The van der Waals surface area contributed by atoms with Crippen molar-refractivity contribution in [2.75, 3.05) is 0 Å². The Morgan fingerprint density at radius 2 is 1.42 bits per heavy atom. The number of nitrogens with zero attached hydrogens (tertiary/aromatic N) is 1. The van der Waals surface area contributed by atoms with E-state index in [1.54, 1.807) is 0 Å². The summed E-state index contributed by atoms with van der Waals surface area (Å²) >= 11 is 0. The summed E-state index contributed by atoms with van der Waals surface area (Å²) < 4.78 is 0. The van der Waals surface area contributed by atoms with E-state index in [-0.39, 0.29) is 10.8 Å². The van der Waals surface area contributed by atoms with Gasteiger partial charge in [0.1, 0.15) is 0 Å². The molecular weight excluding hydrogens is 314 g/mol. The molecule has 0 saturated heterocycles. The fourth-order valence-corrected chi connectivity index (χ4v) is 3.45. The molecular formula is C25H29N. The van der Waals surface area contributed by atoms with E-state index in [0.29, 0.717) is 0 Å². The fraction of sp³-hybridized carbons (Fsp3) is 0.320. The predicted molar refractivity (Wildman–Crippen MR) is 112 cm³/mol. The molecule has 0 saturated carbocycles. The Morgan fingerprint density at radius 3 is 2.08 bits per heavy atom. The van der Waals surface area contributed by atoms with Crippen LogP contribution in [0.1, 0.15) is 57.0 Å². The molecule has 3 aromatic rings. The van der Waals surface area contributed by atoms with Gasteiger partial charge in [0.15, 0.2) is 0 Å². The molecule has 1 heterocycles. The van der Waals surface area contributed by atoms with Gasteiger partial charge < -0.3 is 0 Å². The van der Waals surface area contributed by atoms with Crippen LogP contribution in [0.15, 0.2) is 66.7 Å². The third-order valence-corrected chi connectivity index (χ3v) is 5.24. The van der Waals surface area contributed by atoms with Crippen molar-refractivity contribution in [1.29, 1.82) is 0 Å². The van der Waals surface area contributed by atoms with Gasteiger partial charge >= 0.3 is 0 Å². The second kappa shape index (κ2) is 6.72. The number of pyridine rings is 1. The number of aromatic nitrogens is 1. The van der Waals surface area contributed by atoms with E-state index >= 15 is 0 Å². The number of rotatable bonds is 3. The molecule has 0 unspecified atom stereocenters. The van der Waals surface area contributed by atoms with Gasteiger partial charge in [-0.3, -0.25) is 4.98 Å². The highest BCUT2D eigenvalue weighted by atomic mass is 14.7. The van der Waals surface area contributed by atoms with Crippen molar-refractivity contribution in [2.45, 2.75) is 52.4 Å². The SMILES string of the molecule is Cc1ccc(C(C)(C)C)cc1C(C)(C)c1cccc(-c2ccccc2)n1. The quantitative estimate of drug-likeness (QED) is 0.517. The Balaban J connectivity index is 2.09. The lowest BCUT2D eigenvalue weighted by molar-refractivity contribution is 0.576. The van der Waals surface area contributed by atoms with Crippen LogP contribution >= 0.6 is 0 Å². The van der Waals surface area contributed by atoms with Crippen molar-refractivity contribution in [3.63, 3.8) is 0 Å². The van der Waals surface area contributed by atoms with Crippen LogP contribution in [0.5, 0.6) is 0 Å². The average Bonchev–Trinajstić information content (AvgIpc) is 2.62. The molecule has 0 atom stereocenters. The smallest absolute Gasteiger partial charge is 0.0705 e. The first kappa shape index (κ1) is 18.4. The zero-order chi connectivity index (χ0) is 18.9. The zero-order valence-electron chi connectivity index (χ0n) is 16.8. The standard InChI is InChI=1S/C25H29N/c1-18-15-16-20(24(2,3)4)17-21(18)25(5,6)23-14-10-13-22(26-23)19-11-8-7-9-12-19/h7-17H,1-6H3. The molecule has 3 rings (SSSR count). The molecule has 0 spiro atoms. The minimum atomic E-state index is -0.157. The van der Waals surface area contributed by atoms with E-state index < -0.39 is 0 Å². The maximum absolute atomic E-state index is 5.02. The third-order valence-electron chi connectivity index (χ3n) is 5.24. The first-order valence-corrected chi connectivity index (χ1v) is 9.34. The van der Waals surface area contributed by atoms with Gasteiger partial charge in [-0.2, -0.15) is 0 Å². The summed E-state index contributed by atoms with van der Waals surface area (Å²) in [6.45, 7) is 13.6. The zero-order valence-corrected chi connectivity index (χ0v) is 16.8. The molecule has 0 bridgehead atoms. The second-order valence-corrected chi connectivity index (χ2v) is 8.68. The van der Waals surface area contributed by atoms with Gasteiger partial charge in [0.2, 0.25) is 0 Å². The second-order valence-electron chi connectivity index (χ2n) is 8.68. The highest BCUT2D eigenvalue weighted by molar-refractivity contribution is 5.59. The number of aryl methyl sites for hydroxylation is 1. The molecule has 0 aliphatic heterocycles. The molecule has 2 aromatic carbocycles. The number of benzene rings is 2. The predicted octanol–water partition coefficient (Wildman–Crippen LogP) is 6.68. The molecule has 26 heavy (non-hydrogen) atoms. The van der Waals surface area contributed by atoms with Crippen LogP contribution in [-0.4, -0.2) is 4.98 Å². The van der Waals surface area contributed by atoms with Crippen molar-refractivity contribution in [3.05, 3.63) is 89.1 Å². The van der Waals surface area contributed by atoms with Crippen LogP contribution in [-0.2, 0) is 10.8 Å². The molecule has 1 aromatic heterocycles. The van der Waals surface area contributed by atoms with E-state index in [2.05, 4.69) is 102 Å². The Kier molecular flexibility index (Phi) is 4.75. The fourth-order valence-electron chi connectivity index (χ4n) is 3.45. The summed E-state index contributed by atoms with van der Waals surface area (Å²) in [5.74, 6) is 0. The van der Waals surface area contributed by atoms with Gasteiger partial charge in [0.05, 0.1) is 11.4 Å². The molecule has 0 radical (unpaired) electrons. The number of hydrogen-bond acceptors (Lipinski definition) is 1. The largest absolute Gasteiger partial charge is 0.252 e. The Labute approximate surface area is 158 Å². The summed E-state index contributed by atoms with van der Waals surface area (Å²) in [6, 6.07) is 23.6. The van der Waals surface area contributed by atoms with E-state index in [1.807, 2.05) is 6.07 Å². The molecule has 0 aliphatic carbocycles. The minimum absolute atomic E-state index is 0.137. The Bertz CT molecular complexity index is 899. The van der Waals surface area contributed by atoms with Crippen LogP contribution in [0.3, 0.4) is 0 Å². The van der Waals surface area contributed by atoms with E-state index in [1.165, 1.54) is 16.7 Å². The van der Waals surface area contributed by atoms with Crippen molar-refractivity contribution < 1.29 is 0 Å². The topological polar surface area (TPSA) is 12.9 Å². The monoisotopic (exact) mass is 343 g/mol. The summed E-state index contributed by atoms with van der Waals surface area (Å²) in [5, 5.41) is 0. The molecule has 0 aliphatic rings. The van der Waals surface area contributed by atoms with Crippen molar-refractivity contribution in [2.24, 2.45) is 0 Å². The van der Waals surface area contributed by atoms with Gasteiger partial charge in [-0.15, -0.1) is 0 Å². The van der Waals surface area contributed by atoms with Gasteiger partial charge in [-0.05, 0) is 41.2 Å². The maximum Gasteiger partial charge on any atom is 0.0705 e. The first-order valence-electron chi connectivity index (χ1n) is 9.34. The maximum atomic E-state index is 5.02. The number of hydrogen-bond donors (Lipinski definition) is 0. The lowest BCUT2D eigenvalue weighted by atomic mass is 9.75. The molecule has 134 valence electrons. The van der Waals surface area contributed by atoms with Crippen LogP contribution in [0.25, 0.3) is 11.3 Å². The molecule has 1 heteroatoms. The summed E-state index contributed by atoms with van der Waals surface area (Å²) in [5.41, 5.74) is 7.30. The van der Waals surface area contributed by atoms with Crippen LogP contribution in [0, 0.1) is 6.92 Å². The summed E-state index contributed by atoms with van der Waals surface area (Å²) in [7, 11) is 0. The highest BCUT2D eigenvalue weighted by Gasteiger charge is 2.28. The van der Waals surface area contributed by atoms with E-state index in [9.17, 15) is 0 Å². The van der Waals surface area contributed by atoms with Crippen molar-refractivity contribution >= 4 is 0 Å². The average molecular weight is 344 g/mol. The van der Waals surface area contributed by atoms with E-state index in [4.69, 9.17) is 4.98 Å². The van der Waals surface area contributed by atoms with E-state index in [0.717, 1.165) is 17.0 Å². The normalized spacial score (nSPS) is 12.2. The lowest BCUT2D eigenvalue weighted by Crippen LogP contribution is -2.23. The van der Waals surface area contributed by atoms with Crippen LogP contribution in [0.4, 0.5) is 0 Å². The van der Waals surface area contributed by atoms with Crippen LogP contribution < -0.4 is 0 Å². The highest BCUT2D eigenvalue weighted by Crippen LogP contribution is 2.36. The molecule has 0 N–H and O–H groups in total. The first-order chi connectivity index (χ1) is 12.2. The Morgan fingerprint density at radius 1 is 0.731 bits per heavy atom. The minimum Gasteiger partial charge on any atom is -0.252 e. The Hall–Kier alpha value is -2.41. The van der Waals surface area contributed by atoms with Crippen molar-refractivity contribution in [3.8, 4) is 11.3 Å². The van der Waals surface area contributed by atoms with Gasteiger partial charge in [0.25, 0.3) is 0 Å². The molecule has 0 fully saturated rings. The molecule has 0 amide bonds. The third kappa shape index (κ3) is 3.58.